The van der Waals surface area contributed by atoms with E-state index >= 15 is 0 Å². The Morgan fingerprint density at radius 1 is 0.804 bits per heavy atom. The van der Waals surface area contributed by atoms with E-state index in [1.807, 2.05) is 24.3 Å². The van der Waals surface area contributed by atoms with Crippen LogP contribution in [0, 0.1) is 10.1 Å². The molecule has 0 spiro atoms. The highest BCUT2D eigenvalue weighted by molar-refractivity contribution is 7.99. The lowest BCUT2D eigenvalue weighted by molar-refractivity contribution is -0.385. The number of pyridine rings is 1. The van der Waals surface area contributed by atoms with Gasteiger partial charge in [0, 0.05) is 88.3 Å². The Labute approximate surface area is 327 Å². The monoisotopic (exact) mass is 782 g/mol. The average Bonchev–Trinajstić information content (AvgIpc) is 3.43. The molecule has 4 amide bonds. The van der Waals surface area contributed by atoms with E-state index < -0.39 is 34.6 Å². The minimum atomic E-state index is -0.968. The van der Waals surface area contributed by atoms with Crippen LogP contribution in [-0.4, -0.2) is 125 Å². The second-order valence-corrected chi connectivity index (χ2v) is 16.3. The van der Waals surface area contributed by atoms with Gasteiger partial charge in [0.15, 0.2) is 0 Å². The van der Waals surface area contributed by atoms with E-state index in [1.54, 1.807) is 12.1 Å². The van der Waals surface area contributed by atoms with Crippen molar-refractivity contribution in [2.24, 2.45) is 0 Å². The number of nitro groups is 1. The first-order valence-corrected chi connectivity index (χ1v) is 20.1. The number of nitrogens with zero attached hydrogens (tertiary/aromatic N) is 6. The highest BCUT2D eigenvalue weighted by Crippen LogP contribution is 2.46. The maximum absolute atomic E-state index is 13.3. The summed E-state index contributed by atoms with van der Waals surface area (Å²) in [6.07, 6.45) is 5.79. The lowest BCUT2D eigenvalue weighted by atomic mass is 9.91. The number of benzene rings is 2. The number of piperidine rings is 2. The fourth-order valence-corrected chi connectivity index (χ4v) is 9.36. The summed E-state index contributed by atoms with van der Waals surface area (Å²) < 4.78 is 12.7. The fraction of sp³-hybridized carbons (Fsp3) is 0.462. The van der Waals surface area contributed by atoms with Crippen molar-refractivity contribution in [1.29, 1.82) is 0 Å². The highest BCUT2D eigenvalue weighted by Gasteiger charge is 2.45. The maximum Gasteiger partial charge on any atom is 0.288 e. The van der Waals surface area contributed by atoms with Crippen molar-refractivity contribution in [3.63, 3.8) is 0 Å². The molecule has 9 rings (SSSR count). The van der Waals surface area contributed by atoms with Gasteiger partial charge in [0.2, 0.25) is 11.8 Å². The first-order chi connectivity index (χ1) is 27.1. The summed E-state index contributed by atoms with van der Waals surface area (Å²) in [6.45, 7) is 7.42. The lowest BCUT2D eigenvalue weighted by Crippen LogP contribution is -2.54. The molecule has 4 fully saturated rings. The van der Waals surface area contributed by atoms with Gasteiger partial charge in [-0.05, 0) is 55.7 Å². The van der Waals surface area contributed by atoms with Gasteiger partial charge in [0.05, 0.1) is 38.8 Å². The molecule has 292 valence electrons. The van der Waals surface area contributed by atoms with Gasteiger partial charge in [0.25, 0.3) is 17.5 Å². The van der Waals surface area contributed by atoms with Crippen LogP contribution in [0.25, 0.3) is 0 Å². The predicted molar refractivity (Wildman–Crippen MR) is 204 cm³/mol. The van der Waals surface area contributed by atoms with Gasteiger partial charge in [-0.25, -0.2) is 4.98 Å². The Morgan fingerprint density at radius 3 is 2.30 bits per heavy atom. The number of rotatable bonds is 10. The Bertz CT molecular complexity index is 2100. The fourth-order valence-electron chi connectivity index (χ4n) is 8.34. The van der Waals surface area contributed by atoms with Crippen LogP contribution < -0.4 is 20.3 Å². The standard InChI is InChI=1S/C39H42N8O8S/c48-35-6-5-32(37(49)42-35)46-38(50)29-3-1-23(17-30(29)39(46)51)45-15-13-44(14-16-45)12-11-43-9-7-25(8-10-43)54-27-19-28(20-27)55-26-2-4-31-33(21-26)56-34-18-24(47(52)53)22-40-36(34)41-31/h1-4,17-18,21-22,25,27-28,32H,5-16,19-20H2,(H,40,41)(H,42,48,49). The van der Waals surface area contributed by atoms with E-state index in [4.69, 9.17) is 9.47 Å². The number of carbonyl (C=O) groups excluding carboxylic acids is 4. The molecule has 1 aromatic heterocycles. The van der Waals surface area contributed by atoms with Crippen LogP contribution in [0.5, 0.6) is 5.75 Å². The highest BCUT2D eigenvalue weighted by atomic mass is 32.2. The number of amides is 4. The number of hydrogen-bond donors (Lipinski definition) is 2. The third kappa shape index (κ3) is 7.31. The maximum atomic E-state index is 13.3. The number of piperazine rings is 1. The quantitative estimate of drug-likeness (QED) is 0.135. The molecule has 5 aliphatic heterocycles. The summed E-state index contributed by atoms with van der Waals surface area (Å²) in [5.41, 5.74) is 2.36. The third-order valence-corrected chi connectivity index (χ3v) is 12.7. The molecule has 2 aromatic carbocycles. The third-order valence-electron chi connectivity index (χ3n) is 11.6. The zero-order chi connectivity index (χ0) is 38.5. The van der Waals surface area contributed by atoms with Crippen LogP contribution in [0.2, 0.25) is 0 Å². The van der Waals surface area contributed by atoms with Crippen LogP contribution >= 0.6 is 11.8 Å². The van der Waals surface area contributed by atoms with E-state index in [0.29, 0.717) is 21.8 Å². The summed E-state index contributed by atoms with van der Waals surface area (Å²) in [5.74, 6) is -0.579. The minimum absolute atomic E-state index is 0.0355. The predicted octanol–water partition coefficient (Wildman–Crippen LogP) is 3.81. The van der Waals surface area contributed by atoms with E-state index in [9.17, 15) is 29.3 Å². The molecular weight excluding hydrogens is 741 g/mol. The number of imide groups is 2. The summed E-state index contributed by atoms with van der Waals surface area (Å²) in [7, 11) is 0. The van der Waals surface area contributed by atoms with E-state index in [-0.39, 0.29) is 36.8 Å². The molecule has 2 N–H and O–H groups in total. The van der Waals surface area contributed by atoms with Gasteiger partial charge in [-0.2, -0.15) is 0 Å². The minimum Gasteiger partial charge on any atom is -0.490 e. The zero-order valence-corrected chi connectivity index (χ0v) is 31.5. The number of likely N-dealkylation sites (tertiary alicyclic amines) is 1. The van der Waals surface area contributed by atoms with Crippen LogP contribution in [0.1, 0.15) is 59.2 Å². The van der Waals surface area contributed by atoms with E-state index in [1.165, 1.54) is 24.0 Å². The molecule has 1 unspecified atom stereocenters. The molecule has 6 heterocycles. The molecule has 6 aliphatic rings. The molecule has 3 saturated heterocycles. The number of ether oxygens (including phenoxy) is 2. The molecule has 56 heavy (non-hydrogen) atoms. The zero-order valence-electron chi connectivity index (χ0n) is 30.7. The van der Waals surface area contributed by atoms with Crippen molar-refractivity contribution in [3.8, 4) is 5.75 Å². The summed E-state index contributed by atoms with van der Waals surface area (Å²) in [6, 6.07) is 11.8. The molecular formula is C39H42N8O8S. The van der Waals surface area contributed by atoms with Gasteiger partial charge in [-0.3, -0.25) is 44.4 Å². The Hall–Kier alpha value is -5.10. The molecule has 1 saturated carbocycles. The number of aromatic nitrogens is 1. The van der Waals surface area contributed by atoms with Crippen LogP contribution in [0.3, 0.4) is 0 Å². The topological polar surface area (TPSA) is 180 Å². The van der Waals surface area contributed by atoms with Crippen LogP contribution in [0.4, 0.5) is 22.9 Å². The van der Waals surface area contributed by atoms with Gasteiger partial charge in [0.1, 0.15) is 29.9 Å². The largest absolute Gasteiger partial charge is 0.490 e. The lowest BCUT2D eigenvalue weighted by Gasteiger charge is -2.40. The van der Waals surface area contributed by atoms with Crippen LogP contribution in [0.15, 0.2) is 58.5 Å². The van der Waals surface area contributed by atoms with Gasteiger partial charge in [-0.15, -0.1) is 0 Å². The number of hydrogen-bond acceptors (Lipinski definition) is 14. The summed E-state index contributed by atoms with van der Waals surface area (Å²) >= 11 is 1.45. The van der Waals surface area contributed by atoms with Crippen molar-refractivity contribution < 1.29 is 33.6 Å². The number of carbonyl (C=O) groups is 4. The first-order valence-electron chi connectivity index (χ1n) is 19.3. The second-order valence-electron chi connectivity index (χ2n) is 15.2. The van der Waals surface area contributed by atoms with Gasteiger partial charge < -0.3 is 24.6 Å². The average molecular weight is 783 g/mol. The normalized spacial score (nSPS) is 24.2. The van der Waals surface area contributed by atoms with Crippen molar-refractivity contribution in [2.45, 2.75) is 72.7 Å². The van der Waals surface area contributed by atoms with Crippen molar-refractivity contribution in [1.82, 2.24) is 25.0 Å². The molecule has 1 aliphatic carbocycles. The van der Waals surface area contributed by atoms with E-state index in [2.05, 4.69) is 30.3 Å². The number of anilines is 3. The summed E-state index contributed by atoms with van der Waals surface area (Å²) in [4.78, 5) is 75.2. The number of nitrogens with one attached hydrogen (secondary N) is 2. The molecule has 0 bridgehead atoms. The van der Waals surface area contributed by atoms with Crippen molar-refractivity contribution in [2.75, 3.05) is 62.6 Å². The van der Waals surface area contributed by atoms with E-state index in [0.717, 1.165) is 105 Å². The van der Waals surface area contributed by atoms with Crippen LogP contribution in [-0.2, 0) is 14.3 Å². The van der Waals surface area contributed by atoms with Crippen molar-refractivity contribution >= 4 is 58.3 Å². The van der Waals surface area contributed by atoms with Gasteiger partial charge >= 0.3 is 0 Å². The smallest absolute Gasteiger partial charge is 0.288 e. The summed E-state index contributed by atoms with van der Waals surface area (Å²) in [5, 5.41) is 16.7. The Kier molecular flexibility index (Phi) is 9.85. The van der Waals surface area contributed by atoms with Gasteiger partial charge in [-0.1, -0.05) is 11.8 Å². The number of fused-ring (bicyclic) bond motifs is 3. The first kappa shape index (κ1) is 36.5. The molecule has 0 radical (unpaired) electrons. The SMILES string of the molecule is O=C1CCC(N2C(=O)c3ccc(N4CCN(CCN5CCC(OC6CC(Oc7ccc8c(c7)Sc7cc([N+](=O)[O-])cnc7N8)C6)CC5)CC4)cc3C2=O)C(=O)N1. The Balaban J connectivity index is 0.676. The molecule has 16 nitrogen and oxygen atoms in total. The van der Waals surface area contributed by atoms with Crippen molar-refractivity contribution in [3.05, 3.63) is 69.9 Å². The molecule has 17 heteroatoms. The molecule has 1 atom stereocenters. The Morgan fingerprint density at radius 2 is 1.55 bits per heavy atom. The molecule has 3 aromatic rings. The second kappa shape index (κ2) is 15.1.